The number of guanidine groups is 1. The highest BCUT2D eigenvalue weighted by molar-refractivity contribution is 5.97. The minimum Gasteiger partial charge on any atom is -0.480 e. The van der Waals surface area contributed by atoms with Gasteiger partial charge in [0.2, 0.25) is 35.4 Å². The summed E-state index contributed by atoms with van der Waals surface area (Å²) in [6.07, 6.45) is -0.426. The topological polar surface area (TPSA) is 343 Å². The van der Waals surface area contributed by atoms with Crippen molar-refractivity contribution in [1.29, 1.82) is 0 Å². The molecule has 0 bridgehead atoms. The van der Waals surface area contributed by atoms with Gasteiger partial charge >= 0.3 is 5.97 Å². The molecule has 20 heteroatoms. The van der Waals surface area contributed by atoms with Gasteiger partial charge in [0.1, 0.15) is 36.3 Å². The molecule has 9 atom stereocenters. The number of aliphatic carboxylic acids is 1. The van der Waals surface area contributed by atoms with E-state index in [4.69, 9.17) is 17.2 Å². The number of carboxylic acids is 1. The number of aliphatic imine (C=N–C) groups is 1. The lowest BCUT2D eigenvalue weighted by atomic mass is 9.96. The number of carbonyl (C=O) groups is 7. The van der Waals surface area contributed by atoms with Crippen molar-refractivity contribution >= 4 is 47.4 Å². The molecule has 15 N–H and O–H groups in total. The Balaban J connectivity index is 6.28. The molecule has 0 unspecified atom stereocenters. The number of nitrogens with zero attached hydrogens (tertiary/aromatic N) is 1. The lowest BCUT2D eigenvalue weighted by Gasteiger charge is -2.30. The number of carbonyl (C=O) groups excluding carboxylic acids is 6. The second kappa shape index (κ2) is 26.4. The zero-order chi connectivity index (χ0) is 44.2. The Morgan fingerprint density at radius 1 is 0.596 bits per heavy atom. The number of aliphatic hydroxyl groups excluding tert-OH is 2. The molecule has 0 radical (unpaired) electrons. The first kappa shape index (κ1) is 52.4. The van der Waals surface area contributed by atoms with Gasteiger partial charge in [-0.05, 0) is 62.7 Å². The van der Waals surface area contributed by atoms with Crippen LogP contribution < -0.4 is 49.1 Å². The van der Waals surface area contributed by atoms with Gasteiger partial charge in [0.25, 0.3) is 0 Å². The van der Waals surface area contributed by atoms with E-state index in [9.17, 15) is 48.9 Å². The molecule has 57 heavy (non-hydrogen) atoms. The third-order valence-electron chi connectivity index (χ3n) is 8.97. The molecule has 0 saturated heterocycles. The van der Waals surface area contributed by atoms with Crippen LogP contribution in [0.5, 0.6) is 0 Å². The Morgan fingerprint density at radius 3 is 1.51 bits per heavy atom. The summed E-state index contributed by atoms with van der Waals surface area (Å²) in [6.45, 7) is 14.9. The molecule has 0 aliphatic heterocycles. The van der Waals surface area contributed by atoms with Gasteiger partial charge in [0.15, 0.2) is 5.96 Å². The van der Waals surface area contributed by atoms with E-state index in [1.807, 2.05) is 13.8 Å². The first-order chi connectivity index (χ1) is 26.4. The minimum absolute atomic E-state index is 0.0388. The van der Waals surface area contributed by atoms with Crippen molar-refractivity contribution in [2.45, 2.75) is 149 Å². The van der Waals surface area contributed by atoms with Gasteiger partial charge < -0.3 is 64.4 Å². The second-order valence-corrected chi connectivity index (χ2v) is 15.8. The Kier molecular flexibility index (Phi) is 24.3. The maximum Gasteiger partial charge on any atom is 0.326 e. The van der Waals surface area contributed by atoms with E-state index in [0.29, 0.717) is 12.8 Å². The second-order valence-electron chi connectivity index (χ2n) is 15.8. The fourth-order valence-corrected chi connectivity index (χ4v) is 5.67. The number of nitrogens with one attached hydrogen (secondary N) is 6. The van der Waals surface area contributed by atoms with Crippen LogP contribution in [0.4, 0.5) is 0 Å². The summed E-state index contributed by atoms with van der Waals surface area (Å²) < 4.78 is 0. The molecule has 0 saturated carbocycles. The molecule has 0 rings (SSSR count). The molecule has 0 aromatic carbocycles. The molecule has 0 aromatic heterocycles. The van der Waals surface area contributed by atoms with Crippen molar-refractivity contribution in [1.82, 2.24) is 31.9 Å². The third-order valence-corrected chi connectivity index (χ3v) is 8.97. The number of hydrogen-bond donors (Lipinski definition) is 12. The molecular formula is C37H70N10O10. The fraction of sp³-hybridized carbons (Fsp3) is 0.784. The maximum absolute atomic E-state index is 13.8. The van der Waals surface area contributed by atoms with Crippen LogP contribution in [0.2, 0.25) is 0 Å². The zero-order valence-corrected chi connectivity index (χ0v) is 35.0. The molecule has 0 fully saturated rings. The number of hydrogen-bond acceptors (Lipinski definition) is 11. The van der Waals surface area contributed by atoms with Gasteiger partial charge in [-0.3, -0.25) is 33.8 Å². The molecule has 0 heterocycles. The van der Waals surface area contributed by atoms with E-state index in [1.54, 1.807) is 41.5 Å². The molecule has 0 aromatic rings. The average molecular weight is 815 g/mol. The van der Waals surface area contributed by atoms with Crippen LogP contribution in [0.3, 0.4) is 0 Å². The van der Waals surface area contributed by atoms with Crippen LogP contribution in [0.15, 0.2) is 4.99 Å². The highest BCUT2D eigenvalue weighted by atomic mass is 16.4. The monoisotopic (exact) mass is 815 g/mol. The first-order valence-corrected chi connectivity index (χ1v) is 19.6. The fourth-order valence-electron chi connectivity index (χ4n) is 5.67. The standard InChI is InChI=1S/C37H70N10O10/c1-10-21(8)28(46-32(52)25(15-19(4)5)43-33(53)27(17-48)45-30(50)23(38)14-18(2)3)34(54)47-29(22(9)49)35(55)42-24(12-11-13-41-37(39)40)31(51)44-26(36(56)57)16-20(6)7/h18-29,48-49H,10-17,38H2,1-9H3,(H,42,55)(H,43,53)(H,44,51)(H,45,50)(H,46,52)(H,47,54)(H,56,57)(H4,39,40,41)/t21-,22+,23-,24-,25-,26-,27-,28-,29-/m0/s1. The summed E-state index contributed by atoms with van der Waals surface area (Å²) in [5, 5.41) is 45.2. The van der Waals surface area contributed by atoms with E-state index in [1.165, 1.54) is 6.92 Å². The van der Waals surface area contributed by atoms with Gasteiger partial charge in [0.05, 0.1) is 18.8 Å². The Bertz CT molecular complexity index is 1360. The predicted octanol–water partition coefficient (Wildman–Crippen LogP) is -2.08. The van der Waals surface area contributed by atoms with E-state index in [2.05, 4.69) is 36.9 Å². The van der Waals surface area contributed by atoms with Crippen LogP contribution in [-0.2, 0) is 33.6 Å². The largest absolute Gasteiger partial charge is 0.480 e. The van der Waals surface area contributed by atoms with Gasteiger partial charge in [-0.15, -0.1) is 0 Å². The predicted molar refractivity (Wildman–Crippen MR) is 214 cm³/mol. The van der Waals surface area contributed by atoms with Crippen LogP contribution in [-0.4, -0.2) is 124 Å². The third kappa shape index (κ3) is 20.4. The highest BCUT2D eigenvalue weighted by Gasteiger charge is 2.36. The lowest BCUT2D eigenvalue weighted by Crippen LogP contribution is -2.62. The molecule has 0 spiro atoms. The number of amides is 6. The van der Waals surface area contributed by atoms with Crippen LogP contribution >= 0.6 is 0 Å². The molecule has 328 valence electrons. The summed E-state index contributed by atoms with van der Waals surface area (Å²) >= 11 is 0. The number of aliphatic hydroxyl groups is 2. The van der Waals surface area contributed by atoms with Crippen LogP contribution in [0, 0.1) is 23.7 Å². The molecule has 20 nitrogen and oxygen atoms in total. The van der Waals surface area contributed by atoms with Crippen molar-refractivity contribution in [3.63, 3.8) is 0 Å². The van der Waals surface area contributed by atoms with Crippen molar-refractivity contribution in [2.24, 2.45) is 45.9 Å². The molecule has 6 amide bonds. The Hall–Kier alpha value is -4.56. The SMILES string of the molecule is CC[C@H](C)[C@H](NC(=O)[C@H](CC(C)C)NC(=O)[C@H](CO)NC(=O)[C@@H](N)CC(C)C)C(=O)N[C@H](C(=O)N[C@@H](CCCN=C(N)N)C(=O)N[C@@H](CC(C)C)C(=O)O)[C@@H](C)O. The minimum atomic E-state index is -1.64. The van der Waals surface area contributed by atoms with Gasteiger partial charge in [-0.1, -0.05) is 61.8 Å². The number of rotatable bonds is 27. The number of nitrogens with two attached hydrogens (primary N) is 3. The van der Waals surface area contributed by atoms with Gasteiger partial charge in [-0.25, -0.2) is 4.79 Å². The van der Waals surface area contributed by atoms with E-state index < -0.39 is 102 Å². The zero-order valence-electron chi connectivity index (χ0n) is 35.0. The summed E-state index contributed by atoms with van der Waals surface area (Å²) in [5.41, 5.74) is 16.7. The molecular weight excluding hydrogens is 744 g/mol. The normalized spacial score (nSPS) is 16.1. The summed E-state index contributed by atoms with van der Waals surface area (Å²) in [6, 6.07) is -9.05. The molecule has 0 aliphatic rings. The van der Waals surface area contributed by atoms with Crippen molar-refractivity contribution in [3.05, 3.63) is 0 Å². The Morgan fingerprint density at radius 2 is 1.04 bits per heavy atom. The first-order valence-electron chi connectivity index (χ1n) is 19.6. The van der Waals surface area contributed by atoms with Gasteiger partial charge in [-0.2, -0.15) is 0 Å². The van der Waals surface area contributed by atoms with Gasteiger partial charge in [0, 0.05) is 6.54 Å². The molecule has 0 aliphatic carbocycles. The van der Waals surface area contributed by atoms with Crippen molar-refractivity contribution in [3.8, 4) is 0 Å². The van der Waals surface area contributed by atoms with Crippen molar-refractivity contribution < 1.29 is 48.9 Å². The van der Waals surface area contributed by atoms with E-state index >= 15 is 0 Å². The average Bonchev–Trinajstić information content (AvgIpc) is 3.10. The quantitative estimate of drug-likeness (QED) is 0.0241. The van der Waals surface area contributed by atoms with E-state index in [0.717, 1.165) is 0 Å². The van der Waals surface area contributed by atoms with Crippen molar-refractivity contribution in [2.75, 3.05) is 13.2 Å². The summed E-state index contributed by atoms with van der Waals surface area (Å²) in [5.74, 6) is -7.04. The highest BCUT2D eigenvalue weighted by Crippen LogP contribution is 2.13. The summed E-state index contributed by atoms with van der Waals surface area (Å²) in [7, 11) is 0. The smallest absolute Gasteiger partial charge is 0.326 e. The van der Waals surface area contributed by atoms with Crippen LogP contribution in [0.1, 0.15) is 101 Å². The maximum atomic E-state index is 13.8. The van der Waals surface area contributed by atoms with Crippen LogP contribution in [0.25, 0.3) is 0 Å². The van der Waals surface area contributed by atoms with E-state index in [-0.39, 0.29) is 55.9 Å². The number of carboxylic acid groups (broad SMARTS) is 1. The summed E-state index contributed by atoms with van der Waals surface area (Å²) in [4.78, 5) is 96.0. The lowest BCUT2D eigenvalue weighted by molar-refractivity contribution is -0.143. The Labute approximate surface area is 336 Å².